The number of hydrogen-bond donors (Lipinski definition) is 5. The number of carbonyl (C=O) groups excluding carboxylic acids is 1. The summed E-state index contributed by atoms with van der Waals surface area (Å²) in [6.07, 6.45) is -3.68. The normalized spacial score (nSPS) is 18.4. The van der Waals surface area contributed by atoms with Gasteiger partial charge in [-0.05, 0) is 61.2 Å². The van der Waals surface area contributed by atoms with E-state index in [9.17, 15) is 22.8 Å². The van der Waals surface area contributed by atoms with Crippen LogP contribution in [-0.4, -0.2) is 28.1 Å². The number of para-hydroxylation sites is 1. The van der Waals surface area contributed by atoms with Gasteiger partial charge in [-0.2, -0.15) is 13.2 Å². The molecule has 40 heavy (non-hydrogen) atoms. The predicted molar refractivity (Wildman–Crippen MR) is 148 cm³/mol. The number of amides is 2. The highest BCUT2D eigenvalue weighted by molar-refractivity contribution is 7.99. The number of alkyl halides is 3. The van der Waals surface area contributed by atoms with Gasteiger partial charge in [0.15, 0.2) is 0 Å². The van der Waals surface area contributed by atoms with Crippen molar-refractivity contribution in [1.29, 1.82) is 0 Å². The maximum Gasteiger partial charge on any atom is 0.416 e. The topological polar surface area (TPSA) is 106 Å². The lowest BCUT2D eigenvalue weighted by atomic mass is 9.85. The predicted octanol–water partition coefficient (Wildman–Crippen LogP) is 7.83. The Morgan fingerprint density at radius 1 is 1.00 bits per heavy atom. The Bertz CT molecular complexity index is 1600. The Labute approximate surface area is 231 Å². The maximum atomic E-state index is 13.9. The average molecular weight is 567 g/mol. The molecule has 2 heterocycles. The second kappa shape index (κ2) is 10.1. The lowest BCUT2D eigenvalue weighted by Crippen LogP contribution is -2.40. The smallest absolute Gasteiger partial charge is 0.416 e. The molecule has 0 bridgehead atoms. The Morgan fingerprint density at radius 2 is 1.82 bits per heavy atom. The second-order valence-electron chi connectivity index (χ2n) is 10.1. The summed E-state index contributed by atoms with van der Waals surface area (Å²) >= 11 is 1.21. The number of nitrogens with one attached hydrogen (secondary N) is 4. The standard InChI is InChI=1S/C29H25F3N4O3S/c30-29(31,32)18-13-23(36-27(37)17-5-3-6-19(10-17)33-28(38)39)26-25(14-18)40-24-12-16(8-9-21(24)35-26)22-11-15-4-1-2-7-20(15)34-22/h1-2,4,7-9,11-14,17,19,33-35H,3,5-6,10H2,(H,36,37)(H,38,39). The van der Waals surface area contributed by atoms with Crippen LogP contribution in [0.5, 0.6) is 0 Å². The van der Waals surface area contributed by atoms with Crippen molar-refractivity contribution in [2.75, 3.05) is 10.6 Å². The fraction of sp³-hybridized carbons (Fsp3) is 0.241. The number of aromatic amines is 1. The van der Waals surface area contributed by atoms with Crippen molar-refractivity contribution in [2.24, 2.45) is 5.92 Å². The second-order valence-corrected chi connectivity index (χ2v) is 11.2. The van der Waals surface area contributed by atoms with E-state index in [4.69, 9.17) is 5.11 Å². The van der Waals surface area contributed by atoms with E-state index in [1.165, 1.54) is 11.8 Å². The molecule has 0 saturated heterocycles. The molecule has 2 amide bonds. The van der Waals surface area contributed by atoms with Crippen molar-refractivity contribution in [3.63, 3.8) is 0 Å². The number of anilines is 3. The molecule has 5 N–H and O–H groups in total. The minimum Gasteiger partial charge on any atom is -0.465 e. The van der Waals surface area contributed by atoms with Crippen LogP contribution in [0.25, 0.3) is 22.2 Å². The van der Waals surface area contributed by atoms with Gasteiger partial charge in [-0.1, -0.05) is 42.4 Å². The Kier molecular flexibility index (Phi) is 6.61. The number of carboxylic acid groups (broad SMARTS) is 1. The molecule has 1 aliphatic carbocycles. The highest BCUT2D eigenvalue weighted by atomic mass is 32.2. The molecule has 1 aromatic heterocycles. The van der Waals surface area contributed by atoms with Crippen LogP contribution in [-0.2, 0) is 11.0 Å². The Hall–Kier alpha value is -4.12. The SMILES string of the molecule is O=C(O)NC1CCCC(C(=O)Nc2cc(C(F)(F)F)cc3c2Nc2ccc(-c4cc5ccccc5[nH]4)cc2S3)C1. The molecule has 2 atom stereocenters. The first-order valence-corrected chi connectivity index (χ1v) is 13.7. The van der Waals surface area contributed by atoms with Crippen LogP contribution in [0, 0.1) is 5.92 Å². The molecule has 1 fully saturated rings. The summed E-state index contributed by atoms with van der Waals surface area (Å²) in [4.78, 5) is 28.7. The molecule has 11 heteroatoms. The lowest BCUT2D eigenvalue weighted by molar-refractivity contribution is -0.137. The first kappa shape index (κ1) is 26.1. The van der Waals surface area contributed by atoms with Gasteiger partial charge in [0.25, 0.3) is 0 Å². The van der Waals surface area contributed by atoms with E-state index in [0.29, 0.717) is 36.3 Å². The van der Waals surface area contributed by atoms with Gasteiger partial charge in [0.2, 0.25) is 5.91 Å². The van der Waals surface area contributed by atoms with Crippen molar-refractivity contribution in [2.45, 2.75) is 47.7 Å². The van der Waals surface area contributed by atoms with Gasteiger partial charge in [0.1, 0.15) is 0 Å². The van der Waals surface area contributed by atoms with E-state index in [1.54, 1.807) is 0 Å². The summed E-state index contributed by atoms with van der Waals surface area (Å²) in [7, 11) is 0. The first-order chi connectivity index (χ1) is 19.1. The van der Waals surface area contributed by atoms with Crippen molar-refractivity contribution in [3.05, 3.63) is 66.2 Å². The van der Waals surface area contributed by atoms with Crippen molar-refractivity contribution >= 4 is 51.7 Å². The van der Waals surface area contributed by atoms with Gasteiger partial charge in [-0.15, -0.1) is 0 Å². The molecule has 206 valence electrons. The van der Waals surface area contributed by atoms with Gasteiger partial charge < -0.3 is 26.0 Å². The van der Waals surface area contributed by atoms with E-state index in [1.807, 2.05) is 48.5 Å². The number of benzene rings is 3. The zero-order valence-corrected chi connectivity index (χ0v) is 21.9. The van der Waals surface area contributed by atoms with Gasteiger partial charge >= 0.3 is 12.3 Å². The quantitative estimate of drug-likeness (QED) is 0.152. The molecule has 1 saturated carbocycles. The van der Waals surface area contributed by atoms with Crippen molar-refractivity contribution < 1.29 is 27.9 Å². The summed E-state index contributed by atoms with van der Waals surface area (Å²) in [5.74, 6) is -0.941. The van der Waals surface area contributed by atoms with Gasteiger partial charge in [-0.25, -0.2) is 4.79 Å². The van der Waals surface area contributed by atoms with Crippen LogP contribution >= 0.6 is 11.8 Å². The van der Waals surface area contributed by atoms with Crippen LogP contribution in [0.1, 0.15) is 31.2 Å². The third-order valence-corrected chi connectivity index (χ3v) is 8.46. The summed E-state index contributed by atoms with van der Waals surface area (Å²) in [6.45, 7) is 0. The molecule has 0 radical (unpaired) electrons. The first-order valence-electron chi connectivity index (χ1n) is 12.9. The fourth-order valence-electron chi connectivity index (χ4n) is 5.42. The number of fused-ring (bicyclic) bond motifs is 3. The Balaban J connectivity index is 1.30. The van der Waals surface area contributed by atoms with E-state index in [2.05, 4.69) is 20.9 Å². The summed E-state index contributed by atoms with van der Waals surface area (Å²) in [6, 6.07) is 17.3. The van der Waals surface area contributed by atoms with E-state index in [-0.39, 0.29) is 11.7 Å². The molecule has 3 aromatic carbocycles. The zero-order chi connectivity index (χ0) is 28.0. The van der Waals surface area contributed by atoms with Crippen molar-refractivity contribution in [1.82, 2.24) is 10.3 Å². The average Bonchev–Trinajstić information content (AvgIpc) is 3.35. The molecule has 7 nitrogen and oxygen atoms in total. The third-order valence-electron chi connectivity index (χ3n) is 7.36. The molecular weight excluding hydrogens is 541 g/mol. The highest BCUT2D eigenvalue weighted by Gasteiger charge is 2.35. The number of H-pyrrole nitrogens is 1. The van der Waals surface area contributed by atoms with Gasteiger partial charge in [0.05, 0.1) is 22.6 Å². The van der Waals surface area contributed by atoms with Crippen LogP contribution in [0.4, 0.5) is 35.0 Å². The fourth-order valence-corrected chi connectivity index (χ4v) is 6.52. The van der Waals surface area contributed by atoms with Crippen LogP contribution in [0.2, 0.25) is 0 Å². The minimum absolute atomic E-state index is 0.0426. The molecule has 1 aliphatic heterocycles. The number of rotatable bonds is 4. The van der Waals surface area contributed by atoms with Crippen LogP contribution in [0.15, 0.2) is 70.5 Å². The molecule has 0 spiro atoms. The number of halogens is 3. The van der Waals surface area contributed by atoms with E-state index in [0.717, 1.165) is 44.9 Å². The zero-order valence-electron chi connectivity index (χ0n) is 21.1. The summed E-state index contributed by atoms with van der Waals surface area (Å²) in [5.41, 5.74) is 3.08. The molecule has 6 rings (SSSR count). The van der Waals surface area contributed by atoms with E-state index >= 15 is 0 Å². The third kappa shape index (κ3) is 5.21. The number of carbonyl (C=O) groups is 2. The summed E-state index contributed by atoms with van der Waals surface area (Å²) < 4.78 is 41.6. The molecular formula is C29H25F3N4O3S. The number of hydrogen-bond acceptors (Lipinski definition) is 4. The maximum absolute atomic E-state index is 13.9. The Morgan fingerprint density at radius 3 is 2.60 bits per heavy atom. The molecule has 2 aliphatic rings. The lowest BCUT2D eigenvalue weighted by Gasteiger charge is -2.29. The number of aromatic nitrogens is 1. The van der Waals surface area contributed by atoms with Crippen LogP contribution in [0.3, 0.4) is 0 Å². The van der Waals surface area contributed by atoms with Crippen molar-refractivity contribution in [3.8, 4) is 11.3 Å². The van der Waals surface area contributed by atoms with E-state index < -0.39 is 29.7 Å². The largest absolute Gasteiger partial charge is 0.465 e. The summed E-state index contributed by atoms with van der Waals surface area (Å²) in [5, 5.41) is 18.5. The molecule has 2 unspecified atom stereocenters. The van der Waals surface area contributed by atoms with Gasteiger partial charge in [-0.3, -0.25) is 4.79 Å². The minimum atomic E-state index is -4.61. The highest BCUT2D eigenvalue weighted by Crippen LogP contribution is 2.50. The van der Waals surface area contributed by atoms with Crippen LogP contribution < -0.4 is 16.0 Å². The monoisotopic (exact) mass is 566 g/mol. The molecule has 4 aromatic rings. The van der Waals surface area contributed by atoms with Gasteiger partial charge in [0, 0.05) is 38.3 Å².